The minimum absolute atomic E-state index is 0.00263. The van der Waals surface area contributed by atoms with Gasteiger partial charge in [0, 0.05) is 25.0 Å². The van der Waals surface area contributed by atoms with Gasteiger partial charge in [0.1, 0.15) is 18.4 Å². The molecule has 7 nitrogen and oxygen atoms in total. The summed E-state index contributed by atoms with van der Waals surface area (Å²) in [6.07, 6.45) is 0.196. The molecule has 0 radical (unpaired) electrons. The second-order valence-electron chi connectivity index (χ2n) is 9.77. The molecule has 10 heteroatoms. The molecule has 2 amide bonds. The maximum Gasteiger partial charge on any atom is 0.264 e. The topological polar surface area (TPSA) is 86.8 Å². The van der Waals surface area contributed by atoms with Gasteiger partial charge in [0.15, 0.2) is 0 Å². The van der Waals surface area contributed by atoms with Gasteiger partial charge in [-0.25, -0.2) is 12.8 Å². The van der Waals surface area contributed by atoms with Gasteiger partial charge in [0.2, 0.25) is 11.8 Å². The molecule has 0 heterocycles. The summed E-state index contributed by atoms with van der Waals surface area (Å²) in [5.74, 6) is -1.60. The summed E-state index contributed by atoms with van der Waals surface area (Å²) >= 11 is 6.23. The van der Waals surface area contributed by atoms with Crippen LogP contribution in [0.1, 0.15) is 16.7 Å². The predicted molar refractivity (Wildman–Crippen MR) is 162 cm³/mol. The zero-order valence-corrected chi connectivity index (χ0v) is 24.8. The van der Waals surface area contributed by atoms with Crippen molar-refractivity contribution in [1.29, 1.82) is 0 Å². The predicted octanol–water partition coefficient (Wildman–Crippen LogP) is 5.37. The Morgan fingerprint density at radius 1 is 0.881 bits per heavy atom. The Morgan fingerprint density at radius 2 is 1.52 bits per heavy atom. The number of likely N-dealkylation sites (N-methyl/N-ethyl adjacent to an activating group) is 1. The van der Waals surface area contributed by atoms with Gasteiger partial charge in [0.25, 0.3) is 10.0 Å². The van der Waals surface area contributed by atoms with Crippen LogP contribution in [-0.4, -0.2) is 44.8 Å². The zero-order chi connectivity index (χ0) is 30.3. The second-order valence-corrected chi connectivity index (χ2v) is 12.1. The van der Waals surface area contributed by atoms with Gasteiger partial charge in [-0.2, -0.15) is 0 Å². The maximum absolute atomic E-state index is 14.2. The summed E-state index contributed by atoms with van der Waals surface area (Å²) in [5.41, 5.74) is 2.64. The highest BCUT2D eigenvalue weighted by Gasteiger charge is 2.34. The molecule has 0 spiro atoms. The lowest BCUT2D eigenvalue weighted by Crippen LogP contribution is -2.53. The first-order valence-corrected chi connectivity index (χ1v) is 15.0. The molecule has 0 saturated carbocycles. The van der Waals surface area contributed by atoms with E-state index in [2.05, 4.69) is 5.32 Å². The van der Waals surface area contributed by atoms with E-state index in [4.69, 9.17) is 11.6 Å². The third-order valence-electron chi connectivity index (χ3n) is 6.76. The largest absolute Gasteiger partial charge is 0.357 e. The lowest BCUT2D eigenvalue weighted by molar-refractivity contribution is -0.139. The Hall–Kier alpha value is -4.21. The smallest absolute Gasteiger partial charge is 0.264 e. The molecule has 218 valence electrons. The molecule has 4 aromatic rings. The average Bonchev–Trinajstić information content (AvgIpc) is 2.98. The summed E-state index contributed by atoms with van der Waals surface area (Å²) in [4.78, 5) is 28.7. The minimum Gasteiger partial charge on any atom is -0.357 e. The first-order valence-electron chi connectivity index (χ1n) is 13.2. The number of carbonyl (C=O) groups excluding carboxylic acids is 2. The fourth-order valence-corrected chi connectivity index (χ4v) is 6.15. The Bertz CT molecular complexity index is 1630. The lowest BCUT2D eigenvalue weighted by Gasteiger charge is -2.33. The van der Waals surface area contributed by atoms with Crippen molar-refractivity contribution in [2.24, 2.45) is 0 Å². The molecule has 1 N–H and O–H groups in total. The van der Waals surface area contributed by atoms with Crippen LogP contribution >= 0.6 is 11.6 Å². The van der Waals surface area contributed by atoms with E-state index in [1.807, 2.05) is 37.3 Å². The van der Waals surface area contributed by atoms with Gasteiger partial charge in [-0.15, -0.1) is 0 Å². The summed E-state index contributed by atoms with van der Waals surface area (Å²) in [6.45, 7) is 1.26. The number of nitrogens with zero attached hydrogens (tertiary/aromatic N) is 2. The molecule has 0 aliphatic heterocycles. The van der Waals surface area contributed by atoms with Crippen LogP contribution in [0.5, 0.6) is 0 Å². The number of carbonyl (C=O) groups is 2. The molecule has 1 atom stereocenters. The number of aryl methyl sites for hydroxylation is 1. The number of sulfonamides is 1. The van der Waals surface area contributed by atoms with Crippen LogP contribution in [0.4, 0.5) is 10.1 Å². The summed E-state index contributed by atoms with van der Waals surface area (Å²) in [6, 6.07) is 26.3. The van der Waals surface area contributed by atoms with Crippen molar-refractivity contribution < 1.29 is 22.4 Å². The van der Waals surface area contributed by atoms with Crippen LogP contribution < -0.4 is 9.62 Å². The van der Waals surface area contributed by atoms with E-state index in [0.717, 1.165) is 39.7 Å². The van der Waals surface area contributed by atoms with Crippen molar-refractivity contribution in [2.45, 2.75) is 30.8 Å². The molecule has 0 aliphatic carbocycles. The minimum atomic E-state index is -4.30. The van der Waals surface area contributed by atoms with E-state index in [9.17, 15) is 22.4 Å². The third kappa shape index (κ3) is 7.54. The highest BCUT2D eigenvalue weighted by molar-refractivity contribution is 7.92. The Kier molecular flexibility index (Phi) is 9.98. The van der Waals surface area contributed by atoms with Gasteiger partial charge < -0.3 is 10.2 Å². The quantitative estimate of drug-likeness (QED) is 0.248. The zero-order valence-electron chi connectivity index (χ0n) is 23.2. The van der Waals surface area contributed by atoms with Gasteiger partial charge >= 0.3 is 0 Å². The van der Waals surface area contributed by atoms with Crippen LogP contribution in [0.15, 0.2) is 108 Å². The van der Waals surface area contributed by atoms with Gasteiger partial charge in [-0.05, 0) is 66.6 Å². The van der Waals surface area contributed by atoms with Crippen molar-refractivity contribution in [3.05, 3.63) is 131 Å². The highest BCUT2D eigenvalue weighted by Crippen LogP contribution is 2.26. The number of anilines is 1. The van der Waals surface area contributed by atoms with Crippen LogP contribution in [-0.2, 0) is 32.6 Å². The fourth-order valence-electron chi connectivity index (χ4n) is 4.53. The molecule has 0 aromatic heterocycles. The van der Waals surface area contributed by atoms with E-state index >= 15 is 0 Å². The molecular formula is C32H31ClFN3O4S. The van der Waals surface area contributed by atoms with Gasteiger partial charge in [-0.3, -0.25) is 13.9 Å². The summed E-state index contributed by atoms with van der Waals surface area (Å²) in [5, 5.41) is 3.10. The van der Waals surface area contributed by atoms with Crippen molar-refractivity contribution in [3.8, 4) is 0 Å². The maximum atomic E-state index is 14.2. The number of amides is 2. The van der Waals surface area contributed by atoms with E-state index in [-0.39, 0.29) is 23.5 Å². The van der Waals surface area contributed by atoms with E-state index < -0.39 is 40.2 Å². The highest BCUT2D eigenvalue weighted by atomic mass is 35.5. The van der Waals surface area contributed by atoms with Crippen molar-refractivity contribution in [2.75, 3.05) is 17.9 Å². The Labute approximate surface area is 250 Å². The summed E-state index contributed by atoms with van der Waals surface area (Å²) < 4.78 is 42.4. The standard InChI is InChI=1S/C32H31ClFN3O4S/c1-23-11-15-28(16-12-23)37(42(40,41)29-17-13-27(34)14-18-29)22-31(38)36(21-25-9-6-10-26(33)19-25)30(32(39)35-2)20-24-7-4-3-5-8-24/h3-19,30H,20-22H2,1-2H3,(H,35,39). The monoisotopic (exact) mass is 607 g/mol. The summed E-state index contributed by atoms with van der Waals surface area (Å²) in [7, 11) is -2.82. The Balaban J connectivity index is 1.78. The molecule has 4 aromatic carbocycles. The molecule has 1 unspecified atom stereocenters. The normalized spacial score (nSPS) is 11.9. The van der Waals surface area contributed by atoms with Crippen molar-refractivity contribution in [3.63, 3.8) is 0 Å². The first-order chi connectivity index (χ1) is 20.1. The molecule has 0 saturated heterocycles. The molecule has 4 rings (SSSR count). The van der Waals surface area contributed by atoms with E-state index in [1.54, 1.807) is 48.5 Å². The number of nitrogens with one attached hydrogen (secondary N) is 1. The number of rotatable bonds is 11. The van der Waals surface area contributed by atoms with Crippen molar-refractivity contribution >= 4 is 39.1 Å². The molecule has 42 heavy (non-hydrogen) atoms. The van der Waals surface area contributed by atoms with Crippen LogP contribution in [0.2, 0.25) is 5.02 Å². The second kappa shape index (κ2) is 13.6. The Morgan fingerprint density at radius 3 is 2.14 bits per heavy atom. The number of hydrogen-bond donors (Lipinski definition) is 1. The van der Waals surface area contributed by atoms with E-state index in [0.29, 0.717) is 10.6 Å². The average molecular weight is 608 g/mol. The first kappa shape index (κ1) is 30.7. The van der Waals surface area contributed by atoms with Crippen LogP contribution in [0, 0.1) is 12.7 Å². The molecular weight excluding hydrogens is 577 g/mol. The van der Waals surface area contributed by atoms with Crippen LogP contribution in [0.25, 0.3) is 0 Å². The van der Waals surface area contributed by atoms with Gasteiger partial charge in [-0.1, -0.05) is 71.8 Å². The molecule has 0 aliphatic rings. The van der Waals surface area contributed by atoms with E-state index in [1.165, 1.54) is 11.9 Å². The number of benzene rings is 4. The SMILES string of the molecule is CNC(=O)C(Cc1ccccc1)N(Cc1cccc(Cl)c1)C(=O)CN(c1ccc(C)cc1)S(=O)(=O)c1ccc(F)cc1. The number of halogens is 2. The lowest BCUT2D eigenvalue weighted by atomic mass is 10.0. The van der Waals surface area contributed by atoms with Crippen LogP contribution in [0.3, 0.4) is 0 Å². The molecule has 0 bridgehead atoms. The number of hydrogen-bond acceptors (Lipinski definition) is 4. The van der Waals surface area contributed by atoms with Crippen molar-refractivity contribution in [1.82, 2.24) is 10.2 Å². The third-order valence-corrected chi connectivity index (χ3v) is 8.79. The fraction of sp³-hybridized carbons (Fsp3) is 0.188. The molecule has 0 fully saturated rings. The van der Waals surface area contributed by atoms with Gasteiger partial charge in [0.05, 0.1) is 10.6 Å².